The number of aromatic amines is 1. The van der Waals surface area contributed by atoms with Crippen LogP contribution in [0.4, 0.5) is 0 Å². The minimum absolute atomic E-state index is 0.287. The molecule has 0 aliphatic carbocycles. The van der Waals surface area contributed by atoms with Crippen LogP contribution in [-0.2, 0) is 11.2 Å². The Morgan fingerprint density at radius 2 is 2.64 bits per heavy atom. The van der Waals surface area contributed by atoms with Gasteiger partial charge in [0, 0.05) is 18.3 Å². The summed E-state index contributed by atoms with van der Waals surface area (Å²) >= 11 is 0. The fourth-order valence-electron chi connectivity index (χ4n) is 0.721. The Morgan fingerprint density at radius 1 is 1.91 bits per heavy atom. The SMILES string of the molecule is NC(Cc1cnc[nH]1)[13C](=O)O. The van der Waals surface area contributed by atoms with Gasteiger partial charge in [-0.15, -0.1) is 0 Å². The molecule has 0 fully saturated rings. The number of H-pyrrole nitrogens is 1. The van der Waals surface area contributed by atoms with E-state index in [-0.39, 0.29) is 6.42 Å². The quantitative estimate of drug-likeness (QED) is 0.508. The minimum atomic E-state index is -1.00. The molecule has 60 valence electrons. The van der Waals surface area contributed by atoms with Gasteiger partial charge in [-0.1, -0.05) is 0 Å². The fourth-order valence-corrected chi connectivity index (χ4v) is 0.721. The number of hydrogen-bond donors (Lipinski definition) is 3. The van der Waals surface area contributed by atoms with Gasteiger partial charge >= 0.3 is 5.97 Å². The van der Waals surface area contributed by atoms with Crippen LogP contribution >= 0.6 is 0 Å². The molecule has 0 bridgehead atoms. The minimum Gasteiger partial charge on any atom is -0.480 e. The normalized spacial score (nSPS) is 12.8. The number of carboxylic acids is 1. The maximum absolute atomic E-state index is 10.3. The van der Waals surface area contributed by atoms with E-state index in [9.17, 15) is 4.79 Å². The Bertz CT molecular complexity index is 232. The number of nitrogens with two attached hydrogens (primary N) is 1. The number of imidazole rings is 1. The second-order valence-corrected chi connectivity index (χ2v) is 2.23. The molecular weight excluding hydrogens is 147 g/mol. The average molecular weight is 156 g/mol. The first-order valence-electron chi connectivity index (χ1n) is 3.16. The molecule has 0 saturated carbocycles. The second kappa shape index (κ2) is 3.16. The third-order valence-corrected chi connectivity index (χ3v) is 1.31. The number of aromatic nitrogens is 2. The van der Waals surface area contributed by atoms with Crippen LogP contribution in [0.5, 0.6) is 0 Å². The van der Waals surface area contributed by atoms with Gasteiger partial charge in [0.1, 0.15) is 6.04 Å². The third-order valence-electron chi connectivity index (χ3n) is 1.31. The molecule has 5 nitrogen and oxygen atoms in total. The molecule has 0 saturated heterocycles. The van der Waals surface area contributed by atoms with E-state index in [1.807, 2.05) is 0 Å². The molecule has 1 heterocycles. The molecule has 0 spiro atoms. The van der Waals surface area contributed by atoms with Crippen LogP contribution < -0.4 is 5.73 Å². The smallest absolute Gasteiger partial charge is 0.320 e. The second-order valence-electron chi connectivity index (χ2n) is 2.23. The third kappa shape index (κ3) is 2.05. The van der Waals surface area contributed by atoms with Gasteiger partial charge in [0.25, 0.3) is 0 Å². The van der Waals surface area contributed by atoms with Gasteiger partial charge in [0.05, 0.1) is 6.33 Å². The van der Waals surface area contributed by atoms with Gasteiger partial charge in [0.15, 0.2) is 0 Å². The first-order chi connectivity index (χ1) is 5.20. The van der Waals surface area contributed by atoms with E-state index in [1.165, 1.54) is 6.33 Å². The molecule has 11 heavy (non-hydrogen) atoms. The zero-order valence-electron chi connectivity index (χ0n) is 5.82. The lowest BCUT2D eigenvalue weighted by atomic mass is 10.2. The van der Waals surface area contributed by atoms with Gasteiger partial charge < -0.3 is 15.8 Å². The average Bonchev–Trinajstić information content (AvgIpc) is 2.39. The largest absolute Gasteiger partial charge is 0.480 e. The molecule has 4 N–H and O–H groups in total. The van der Waals surface area contributed by atoms with Crippen molar-refractivity contribution in [1.82, 2.24) is 9.97 Å². The van der Waals surface area contributed by atoms with Crippen molar-refractivity contribution >= 4 is 5.97 Å². The number of aliphatic carboxylic acids is 1. The molecule has 1 atom stereocenters. The summed E-state index contributed by atoms with van der Waals surface area (Å²) in [6, 6.07) is -0.851. The summed E-state index contributed by atoms with van der Waals surface area (Å²) in [6.45, 7) is 0. The Labute approximate surface area is 63.3 Å². The standard InChI is InChI=1S/C6H9N3O2/c7-5(6(10)11)1-4-2-8-3-9-4/h2-3,5H,1,7H2,(H,8,9)(H,10,11)/i6+1. The highest BCUT2D eigenvalue weighted by Crippen LogP contribution is 1.95. The number of hydrogen-bond acceptors (Lipinski definition) is 3. The fraction of sp³-hybridized carbons (Fsp3) is 0.333. The summed E-state index contributed by atoms with van der Waals surface area (Å²) in [6.07, 6.45) is 3.34. The van der Waals surface area contributed by atoms with Crippen molar-refractivity contribution in [2.45, 2.75) is 12.5 Å². The highest BCUT2D eigenvalue weighted by atomic mass is 16.5. The maximum Gasteiger partial charge on any atom is 0.320 e. The van der Waals surface area contributed by atoms with Gasteiger partial charge in [-0.3, -0.25) is 4.79 Å². The number of carbonyl (C=O) groups is 1. The van der Waals surface area contributed by atoms with E-state index >= 15 is 0 Å². The maximum atomic E-state index is 10.3. The summed E-state index contributed by atoms with van der Waals surface area (Å²) < 4.78 is 0. The lowest BCUT2D eigenvalue weighted by Crippen LogP contribution is -2.32. The molecule has 0 amide bonds. The molecule has 0 aromatic carbocycles. The predicted octanol–water partition coefficient (Wildman–Crippen LogP) is -0.636. The molecule has 0 aliphatic rings. The van der Waals surface area contributed by atoms with Crippen LogP contribution in [-0.4, -0.2) is 27.1 Å². The molecule has 5 heteroatoms. The summed E-state index contributed by atoms with van der Waals surface area (Å²) in [4.78, 5) is 16.8. The molecule has 0 aliphatic heterocycles. The van der Waals surface area contributed by atoms with Crippen molar-refractivity contribution in [2.24, 2.45) is 5.73 Å². The Balaban J connectivity index is 2.50. The van der Waals surface area contributed by atoms with Crippen LogP contribution in [0, 0.1) is 0 Å². The highest BCUT2D eigenvalue weighted by molar-refractivity contribution is 5.73. The lowest BCUT2D eigenvalue weighted by molar-refractivity contribution is -0.138. The van der Waals surface area contributed by atoms with Crippen LogP contribution in [0.25, 0.3) is 0 Å². The summed E-state index contributed by atoms with van der Waals surface area (Å²) in [7, 11) is 0. The van der Waals surface area contributed by atoms with E-state index in [0.717, 1.165) is 5.69 Å². The summed E-state index contributed by atoms with van der Waals surface area (Å²) in [5, 5.41) is 8.42. The Morgan fingerprint density at radius 3 is 3.09 bits per heavy atom. The first kappa shape index (κ1) is 7.74. The van der Waals surface area contributed by atoms with Crippen molar-refractivity contribution in [3.63, 3.8) is 0 Å². The molecule has 1 aromatic rings. The van der Waals surface area contributed by atoms with Crippen LogP contribution in [0.2, 0.25) is 0 Å². The molecular formula is C6H9N3O2. The van der Waals surface area contributed by atoms with Crippen LogP contribution in [0.1, 0.15) is 5.69 Å². The van der Waals surface area contributed by atoms with Crippen molar-refractivity contribution in [1.29, 1.82) is 0 Å². The molecule has 0 radical (unpaired) electrons. The van der Waals surface area contributed by atoms with Gasteiger partial charge in [-0.05, 0) is 0 Å². The van der Waals surface area contributed by atoms with Crippen molar-refractivity contribution in [2.75, 3.05) is 0 Å². The molecule has 1 rings (SSSR count). The van der Waals surface area contributed by atoms with Crippen molar-refractivity contribution in [3.05, 3.63) is 18.2 Å². The van der Waals surface area contributed by atoms with Crippen molar-refractivity contribution in [3.8, 4) is 0 Å². The van der Waals surface area contributed by atoms with E-state index in [1.54, 1.807) is 6.20 Å². The number of rotatable bonds is 3. The summed E-state index contributed by atoms with van der Waals surface area (Å²) in [5.41, 5.74) is 6.00. The highest BCUT2D eigenvalue weighted by Gasteiger charge is 2.11. The molecule has 1 aromatic heterocycles. The zero-order chi connectivity index (χ0) is 8.27. The molecule has 1 unspecified atom stereocenters. The van der Waals surface area contributed by atoms with Gasteiger partial charge in [0.2, 0.25) is 0 Å². The van der Waals surface area contributed by atoms with E-state index in [0.29, 0.717) is 0 Å². The summed E-state index contributed by atoms with van der Waals surface area (Å²) in [5.74, 6) is -1.00. The first-order valence-corrected chi connectivity index (χ1v) is 3.16. The number of nitrogens with one attached hydrogen (secondary N) is 1. The van der Waals surface area contributed by atoms with Crippen molar-refractivity contribution < 1.29 is 9.90 Å². The number of carboxylic acid groups (broad SMARTS) is 1. The van der Waals surface area contributed by atoms with E-state index < -0.39 is 12.0 Å². The van der Waals surface area contributed by atoms with Crippen LogP contribution in [0.15, 0.2) is 12.5 Å². The van der Waals surface area contributed by atoms with Gasteiger partial charge in [-0.25, -0.2) is 4.98 Å². The Hall–Kier alpha value is -1.36. The topological polar surface area (TPSA) is 92.0 Å². The predicted molar refractivity (Wildman–Crippen MR) is 37.9 cm³/mol. The Kier molecular flexibility index (Phi) is 2.22. The van der Waals surface area contributed by atoms with Gasteiger partial charge in [-0.2, -0.15) is 0 Å². The number of nitrogens with zero attached hydrogens (tertiary/aromatic N) is 1. The zero-order valence-corrected chi connectivity index (χ0v) is 5.82. The van der Waals surface area contributed by atoms with Crippen LogP contribution in [0.3, 0.4) is 0 Å². The monoisotopic (exact) mass is 156 g/mol. The van der Waals surface area contributed by atoms with E-state index in [2.05, 4.69) is 9.97 Å². The lowest BCUT2D eigenvalue weighted by Gasteiger charge is -2.02. The van der Waals surface area contributed by atoms with E-state index in [4.69, 9.17) is 10.8 Å².